The van der Waals surface area contributed by atoms with Crippen molar-refractivity contribution in [1.82, 2.24) is 0 Å². The summed E-state index contributed by atoms with van der Waals surface area (Å²) in [5, 5.41) is 9.75. The molecule has 0 aromatic heterocycles. The molecule has 72 valence electrons. The lowest BCUT2D eigenvalue weighted by atomic mass is 9.81. The van der Waals surface area contributed by atoms with Gasteiger partial charge in [-0.15, -0.1) is 6.58 Å². The molecule has 4 unspecified atom stereocenters. The lowest BCUT2D eigenvalue weighted by molar-refractivity contribution is 0.129. The summed E-state index contributed by atoms with van der Waals surface area (Å²) in [7, 11) is 0. The third kappa shape index (κ3) is 1.35. The highest BCUT2D eigenvalue weighted by Crippen LogP contribution is 2.52. The van der Waals surface area contributed by atoms with Gasteiger partial charge in [0.1, 0.15) is 0 Å². The fourth-order valence-electron chi connectivity index (χ4n) is 3.14. The minimum absolute atomic E-state index is 0.287. The number of fused-ring (bicyclic) bond motifs is 2. The van der Waals surface area contributed by atoms with Crippen LogP contribution in [0, 0.1) is 17.8 Å². The largest absolute Gasteiger partial charge is 0.389 e. The van der Waals surface area contributed by atoms with Crippen LogP contribution in [-0.4, -0.2) is 11.2 Å². The molecule has 0 spiro atoms. The first-order valence-corrected chi connectivity index (χ1v) is 5.22. The Bertz CT molecular complexity index is 242. The van der Waals surface area contributed by atoms with Gasteiger partial charge in [0.2, 0.25) is 0 Å². The second kappa shape index (κ2) is 3.30. The van der Waals surface area contributed by atoms with Gasteiger partial charge in [-0.2, -0.15) is 0 Å². The summed E-state index contributed by atoms with van der Waals surface area (Å²) < 4.78 is 0. The summed E-state index contributed by atoms with van der Waals surface area (Å²) in [6.07, 6.45) is 7.43. The van der Waals surface area contributed by atoms with Crippen LogP contribution in [0.2, 0.25) is 0 Å². The molecule has 2 fully saturated rings. The highest BCUT2D eigenvalue weighted by Gasteiger charge is 2.44. The summed E-state index contributed by atoms with van der Waals surface area (Å²) in [4.78, 5) is 0. The van der Waals surface area contributed by atoms with Gasteiger partial charge in [0.25, 0.3) is 0 Å². The van der Waals surface area contributed by atoms with Gasteiger partial charge in [0.15, 0.2) is 0 Å². The normalized spacial score (nSPS) is 42.6. The molecule has 2 saturated carbocycles. The maximum atomic E-state index is 9.75. The van der Waals surface area contributed by atoms with Crippen molar-refractivity contribution in [2.24, 2.45) is 17.8 Å². The van der Waals surface area contributed by atoms with Gasteiger partial charge in [-0.3, -0.25) is 0 Å². The SMILES string of the molecule is C=CC(O)C1CC2C/C(=C\C)C1C2. The minimum Gasteiger partial charge on any atom is -0.389 e. The molecule has 2 aliphatic rings. The van der Waals surface area contributed by atoms with Crippen LogP contribution in [0.4, 0.5) is 0 Å². The maximum absolute atomic E-state index is 9.75. The molecule has 0 aliphatic heterocycles. The lowest BCUT2D eigenvalue weighted by Crippen LogP contribution is -2.24. The standard InChI is InChI=1S/C12H18O/c1-3-9-5-8-6-10(9)11(7-8)12(13)4-2/h3-4,8,10-13H,2,5-7H2,1H3/b9-3+. The molecule has 1 heteroatoms. The van der Waals surface area contributed by atoms with Crippen molar-refractivity contribution >= 4 is 0 Å². The van der Waals surface area contributed by atoms with Crippen LogP contribution in [-0.2, 0) is 0 Å². The smallest absolute Gasteiger partial charge is 0.0752 e. The molecule has 0 radical (unpaired) electrons. The highest BCUT2D eigenvalue weighted by molar-refractivity contribution is 5.19. The van der Waals surface area contributed by atoms with Gasteiger partial charge in [0, 0.05) is 0 Å². The first kappa shape index (κ1) is 9.01. The van der Waals surface area contributed by atoms with Crippen molar-refractivity contribution < 1.29 is 5.11 Å². The van der Waals surface area contributed by atoms with Crippen molar-refractivity contribution in [1.29, 1.82) is 0 Å². The summed E-state index contributed by atoms with van der Waals surface area (Å²) in [6, 6.07) is 0. The van der Waals surface area contributed by atoms with Crippen molar-refractivity contribution in [2.75, 3.05) is 0 Å². The molecular formula is C12H18O. The van der Waals surface area contributed by atoms with Crippen LogP contribution in [0.3, 0.4) is 0 Å². The molecular weight excluding hydrogens is 160 g/mol. The highest BCUT2D eigenvalue weighted by atomic mass is 16.3. The first-order chi connectivity index (χ1) is 6.26. The Labute approximate surface area is 80.2 Å². The van der Waals surface area contributed by atoms with E-state index in [0.717, 1.165) is 5.92 Å². The molecule has 0 aromatic carbocycles. The van der Waals surface area contributed by atoms with Gasteiger partial charge in [-0.05, 0) is 43.9 Å². The predicted molar refractivity (Wildman–Crippen MR) is 54.3 cm³/mol. The van der Waals surface area contributed by atoms with Crippen LogP contribution in [0.15, 0.2) is 24.3 Å². The van der Waals surface area contributed by atoms with E-state index in [-0.39, 0.29) is 6.10 Å². The molecule has 0 aromatic rings. The molecule has 0 amide bonds. The number of aliphatic hydroxyl groups excluding tert-OH is 1. The third-order valence-corrected chi connectivity index (χ3v) is 3.76. The molecule has 2 aliphatic carbocycles. The molecule has 1 nitrogen and oxygen atoms in total. The van der Waals surface area contributed by atoms with Crippen molar-refractivity contribution in [3.05, 3.63) is 24.3 Å². The third-order valence-electron chi connectivity index (χ3n) is 3.76. The lowest BCUT2D eigenvalue weighted by Gasteiger charge is -2.26. The maximum Gasteiger partial charge on any atom is 0.0752 e. The number of hydrogen-bond donors (Lipinski definition) is 1. The number of aliphatic hydroxyl groups is 1. The Kier molecular flexibility index (Phi) is 2.29. The van der Waals surface area contributed by atoms with E-state index in [1.54, 1.807) is 11.6 Å². The molecule has 0 saturated heterocycles. The number of rotatable bonds is 2. The van der Waals surface area contributed by atoms with E-state index in [0.29, 0.717) is 11.8 Å². The molecule has 1 N–H and O–H groups in total. The average Bonchev–Trinajstić information content (AvgIpc) is 2.74. The zero-order valence-corrected chi connectivity index (χ0v) is 8.24. The minimum atomic E-state index is -0.287. The van der Waals surface area contributed by atoms with Crippen LogP contribution < -0.4 is 0 Å². The fourth-order valence-corrected chi connectivity index (χ4v) is 3.14. The van der Waals surface area contributed by atoms with Crippen molar-refractivity contribution in [3.8, 4) is 0 Å². The zero-order chi connectivity index (χ0) is 9.42. The molecule has 2 bridgehead atoms. The summed E-state index contributed by atoms with van der Waals surface area (Å²) >= 11 is 0. The van der Waals surface area contributed by atoms with E-state index < -0.39 is 0 Å². The van der Waals surface area contributed by atoms with Gasteiger partial charge in [-0.1, -0.05) is 17.7 Å². The summed E-state index contributed by atoms with van der Waals surface area (Å²) in [5.74, 6) is 1.96. The Morgan fingerprint density at radius 2 is 2.31 bits per heavy atom. The Morgan fingerprint density at radius 3 is 2.85 bits per heavy atom. The number of hydrogen-bond acceptors (Lipinski definition) is 1. The number of allylic oxidation sites excluding steroid dienone is 2. The van der Waals surface area contributed by atoms with E-state index in [1.807, 2.05) is 0 Å². The van der Waals surface area contributed by atoms with Crippen LogP contribution >= 0.6 is 0 Å². The topological polar surface area (TPSA) is 20.2 Å². The van der Waals surface area contributed by atoms with E-state index >= 15 is 0 Å². The fraction of sp³-hybridized carbons (Fsp3) is 0.667. The van der Waals surface area contributed by atoms with Gasteiger partial charge in [-0.25, -0.2) is 0 Å². The van der Waals surface area contributed by atoms with Crippen LogP contribution in [0.25, 0.3) is 0 Å². The van der Waals surface area contributed by atoms with Gasteiger partial charge >= 0.3 is 0 Å². The molecule has 2 rings (SSSR count). The Balaban J connectivity index is 2.14. The van der Waals surface area contributed by atoms with Crippen LogP contribution in [0.1, 0.15) is 26.2 Å². The second-order valence-corrected chi connectivity index (χ2v) is 4.40. The Hall–Kier alpha value is -0.560. The van der Waals surface area contributed by atoms with Crippen LogP contribution in [0.5, 0.6) is 0 Å². The van der Waals surface area contributed by atoms with Gasteiger partial charge in [0.05, 0.1) is 6.10 Å². The van der Waals surface area contributed by atoms with Gasteiger partial charge < -0.3 is 5.11 Å². The van der Waals surface area contributed by atoms with E-state index in [4.69, 9.17) is 0 Å². The van der Waals surface area contributed by atoms with Crippen molar-refractivity contribution in [3.63, 3.8) is 0 Å². The van der Waals surface area contributed by atoms with E-state index in [1.165, 1.54) is 19.3 Å². The molecule has 4 atom stereocenters. The molecule has 0 heterocycles. The monoisotopic (exact) mass is 178 g/mol. The second-order valence-electron chi connectivity index (χ2n) is 4.40. The zero-order valence-electron chi connectivity index (χ0n) is 8.24. The Morgan fingerprint density at radius 1 is 1.54 bits per heavy atom. The van der Waals surface area contributed by atoms with E-state index in [9.17, 15) is 5.11 Å². The van der Waals surface area contributed by atoms with Crippen molar-refractivity contribution in [2.45, 2.75) is 32.3 Å². The summed E-state index contributed by atoms with van der Waals surface area (Å²) in [5.41, 5.74) is 1.57. The summed E-state index contributed by atoms with van der Waals surface area (Å²) in [6.45, 7) is 5.79. The first-order valence-electron chi connectivity index (χ1n) is 5.22. The predicted octanol–water partition coefficient (Wildman–Crippen LogP) is 2.53. The molecule has 13 heavy (non-hydrogen) atoms. The quantitative estimate of drug-likeness (QED) is 0.644. The van der Waals surface area contributed by atoms with E-state index in [2.05, 4.69) is 19.6 Å². The average molecular weight is 178 g/mol.